The molecule has 3 heteroatoms. The summed E-state index contributed by atoms with van der Waals surface area (Å²) in [5.41, 5.74) is 7.25. The van der Waals surface area contributed by atoms with Crippen molar-refractivity contribution < 1.29 is 8.81 Å². The number of furan rings is 1. The third-order valence-electron chi connectivity index (χ3n) is 2.44. The van der Waals surface area contributed by atoms with Crippen LogP contribution in [0.15, 0.2) is 35.5 Å². The zero-order valence-corrected chi connectivity index (χ0v) is 8.46. The zero-order chi connectivity index (χ0) is 11.0. The predicted octanol–water partition coefficient (Wildman–Crippen LogP) is 2.93. The maximum absolute atomic E-state index is 13.6. The van der Waals surface area contributed by atoms with E-state index in [2.05, 4.69) is 6.58 Å². The number of benzene rings is 1. The molecule has 78 valence electrons. The Kier molecular flexibility index (Phi) is 2.32. The Balaban J connectivity index is 2.60. The van der Waals surface area contributed by atoms with E-state index in [1.807, 2.05) is 0 Å². The minimum Gasteiger partial charge on any atom is -0.464 e. The number of hydrogen-bond donors (Lipinski definition) is 1. The van der Waals surface area contributed by atoms with Crippen molar-refractivity contribution in [2.24, 2.45) is 5.73 Å². The molecule has 0 aliphatic heterocycles. The van der Waals surface area contributed by atoms with Gasteiger partial charge in [-0.25, -0.2) is 4.39 Å². The molecule has 0 spiro atoms. The van der Waals surface area contributed by atoms with Crippen LogP contribution in [0.3, 0.4) is 0 Å². The van der Waals surface area contributed by atoms with E-state index in [0.29, 0.717) is 16.7 Å². The van der Waals surface area contributed by atoms with Crippen molar-refractivity contribution in [3.63, 3.8) is 0 Å². The van der Waals surface area contributed by atoms with Gasteiger partial charge < -0.3 is 10.2 Å². The Morgan fingerprint density at radius 1 is 1.53 bits per heavy atom. The average molecular weight is 205 g/mol. The van der Waals surface area contributed by atoms with E-state index in [4.69, 9.17) is 10.2 Å². The highest BCUT2D eigenvalue weighted by Gasteiger charge is 2.11. The standard InChI is InChI=1S/C12H12FNO/c1-7(8(2)14)10-5-9-3-4-15-12(9)6-11(10)13/h3-6,8H,1,14H2,2H3. The molecule has 1 heterocycles. The Morgan fingerprint density at radius 3 is 2.93 bits per heavy atom. The molecule has 2 rings (SSSR count). The maximum Gasteiger partial charge on any atom is 0.136 e. The van der Waals surface area contributed by atoms with Crippen LogP contribution in [0, 0.1) is 5.82 Å². The van der Waals surface area contributed by atoms with Crippen LogP contribution in [0.1, 0.15) is 12.5 Å². The minimum absolute atomic E-state index is 0.260. The lowest BCUT2D eigenvalue weighted by atomic mass is 10.0. The van der Waals surface area contributed by atoms with Gasteiger partial charge in [-0.1, -0.05) is 6.58 Å². The summed E-state index contributed by atoms with van der Waals surface area (Å²) in [6.45, 7) is 5.56. The van der Waals surface area contributed by atoms with Gasteiger partial charge in [0.1, 0.15) is 11.4 Å². The van der Waals surface area contributed by atoms with Crippen LogP contribution in [-0.4, -0.2) is 6.04 Å². The van der Waals surface area contributed by atoms with E-state index >= 15 is 0 Å². The molecule has 1 atom stereocenters. The highest BCUT2D eigenvalue weighted by Crippen LogP contribution is 2.25. The fraction of sp³-hybridized carbons (Fsp3) is 0.167. The van der Waals surface area contributed by atoms with Crippen LogP contribution in [0.5, 0.6) is 0 Å². The molecule has 0 aliphatic carbocycles. The van der Waals surface area contributed by atoms with Crippen LogP contribution < -0.4 is 5.73 Å². The maximum atomic E-state index is 13.6. The van der Waals surface area contributed by atoms with E-state index in [1.165, 1.54) is 12.3 Å². The first kappa shape index (κ1) is 9.93. The summed E-state index contributed by atoms with van der Waals surface area (Å²) >= 11 is 0. The second-order valence-electron chi connectivity index (χ2n) is 3.60. The number of halogens is 1. The summed E-state index contributed by atoms with van der Waals surface area (Å²) in [5, 5.41) is 0.855. The SMILES string of the molecule is C=C(c1cc2ccoc2cc1F)C(C)N. The molecular weight excluding hydrogens is 193 g/mol. The number of hydrogen-bond acceptors (Lipinski definition) is 2. The molecule has 0 saturated heterocycles. The van der Waals surface area contributed by atoms with Gasteiger partial charge in [0, 0.05) is 23.1 Å². The Hall–Kier alpha value is -1.61. The summed E-state index contributed by atoms with van der Waals surface area (Å²) < 4.78 is 18.7. The Labute approximate surface area is 87.2 Å². The molecule has 0 bridgehead atoms. The highest BCUT2D eigenvalue weighted by atomic mass is 19.1. The molecule has 15 heavy (non-hydrogen) atoms. The molecule has 2 N–H and O–H groups in total. The number of rotatable bonds is 2. The Bertz CT molecular complexity index is 513. The minimum atomic E-state index is -0.347. The van der Waals surface area contributed by atoms with Crippen LogP contribution >= 0.6 is 0 Å². The van der Waals surface area contributed by atoms with E-state index in [-0.39, 0.29) is 11.9 Å². The Morgan fingerprint density at radius 2 is 2.27 bits per heavy atom. The predicted molar refractivity (Wildman–Crippen MR) is 58.9 cm³/mol. The molecule has 0 amide bonds. The van der Waals surface area contributed by atoms with Crippen molar-refractivity contribution in [2.75, 3.05) is 0 Å². The molecule has 1 aromatic heterocycles. The molecule has 1 aromatic carbocycles. The molecule has 2 nitrogen and oxygen atoms in total. The lowest BCUT2D eigenvalue weighted by Crippen LogP contribution is -2.16. The first-order valence-electron chi connectivity index (χ1n) is 4.71. The summed E-state index contributed by atoms with van der Waals surface area (Å²) in [6, 6.07) is 4.59. The third-order valence-corrected chi connectivity index (χ3v) is 2.44. The van der Waals surface area contributed by atoms with Crippen molar-refractivity contribution in [3.05, 3.63) is 42.4 Å². The van der Waals surface area contributed by atoms with Crippen LogP contribution in [0.4, 0.5) is 4.39 Å². The van der Waals surface area contributed by atoms with Crippen LogP contribution in [0.2, 0.25) is 0 Å². The molecule has 2 aromatic rings. The van der Waals surface area contributed by atoms with Crippen LogP contribution in [-0.2, 0) is 0 Å². The fourth-order valence-corrected chi connectivity index (χ4v) is 1.48. The van der Waals surface area contributed by atoms with Crippen molar-refractivity contribution >= 4 is 16.5 Å². The zero-order valence-electron chi connectivity index (χ0n) is 8.46. The lowest BCUT2D eigenvalue weighted by molar-refractivity contribution is 0.596. The van der Waals surface area contributed by atoms with Gasteiger partial charge in [0.25, 0.3) is 0 Å². The van der Waals surface area contributed by atoms with Gasteiger partial charge in [-0.2, -0.15) is 0 Å². The lowest BCUT2D eigenvalue weighted by Gasteiger charge is -2.10. The third kappa shape index (κ3) is 1.66. The number of fused-ring (bicyclic) bond motifs is 1. The largest absolute Gasteiger partial charge is 0.464 e. The highest BCUT2D eigenvalue weighted by molar-refractivity contribution is 5.83. The van der Waals surface area contributed by atoms with E-state index in [0.717, 1.165) is 5.39 Å². The van der Waals surface area contributed by atoms with Crippen molar-refractivity contribution in [3.8, 4) is 0 Å². The summed E-state index contributed by atoms with van der Waals surface area (Å²) in [7, 11) is 0. The fourth-order valence-electron chi connectivity index (χ4n) is 1.48. The van der Waals surface area contributed by atoms with Gasteiger partial charge in [0.15, 0.2) is 0 Å². The van der Waals surface area contributed by atoms with Crippen molar-refractivity contribution in [1.82, 2.24) is 0 Å². The topological polar surface area (TPSA) is 39.2 Å². The first-order chi connectivity index (χ1) is 7.09. The average Bonchev–Trinajstić information content (AvgIpc) is 2.62. The van der Waals surface area contributed by atoms with Gasteiger partial charge in [0.2, 0.25) is 0 Å². The van der Waals surface area contributed by atoms with Gasteiger partial charge in [-0.15, -0.1) is 0 Å². The van der Waals surface area contributed by atoms with E-state index < -0.39 is 0 Å². The van der Waals surface area contributed by atoms with Crippen LogP contribution in [0.25, 0.3) is 16.5 Å². The molecular formula is C12H12FNO. The number of nitrogens with two attached hydrogens (primary N) is 1. The van der Waals surface area contributed by atoms with Gasteiger partial charge >= 0.3 is 0 Å². The second kappa shape index (κ2) is 3.51. The van der Waals surface area contributed by atoms with Gasteiger partial charge in [-0.3, -0.25) is 0 Å². The smallest absolute Gasteiger partial charge is 0.136 e. The molecule has 1 unspecified atom stereocenters. The van der Waals surface area contributed by atoms with Gasteiger partial charge in [-0.05, 0) is 24.6 Å². The van der Waals surface area contributed by atoms with E-state index in [9.17, 15) is 4.39 Å². The molecule has 0 aliphatic rings. The summed E-state index contributed by atoms with van der Waals surface area (Å²) in [4.78, 5) is 0. The monoisotopic (exact) mass is 205 g/mol. The summed E-state index contributed by atoms with van der Waals surface area (Å²) in [6.07, 6.45) is 1.53. The second-order valence-corrected chi connectivity index (χ2v) is 3.60. The first-order valence-corrected chi connectivity index (χ1v) is 4.71. The van der Waals surface area contributed by atoms with Crippen molar-refractivity contribution in [2.45, 2.75) is 13.0 Å². The van der Waals surface area contributed by atoms with E-state index in [1.54, 1.807) is 19.1 Å². The quantitative estimate of drug-likeness (QED) is 0.818. The molecule has 0 radical (unpaired) electrons. The normalized spacial score (nSPS) is 13.0. The van der Waals surface area contributed by atoms with Crippen molar-refractivity contribution in [1.29, 1.82) is 0 Å². The molecule has 0 saturated carbocycles. The summed E-state index contributed by atoms with van der Waals surface area (Å²) in [5.74, 6) is -0.347. The molecule has 0 fully saturated rings. The van der Waals surface area contributed by atoms with Gasteiger partial charge in [0.05, 0.1) is 6.26 Å².